The van der Waals surface area contributed by atoms with E-state index >= 15 is 0 Å². The summed E-state index contributed by atoms with van der Waals surface area (Å²) < 4.78 is 13.3. The van der Waals surface area contributed by atoms with Crippen molar-refractivity contribution in [1.82, 2.24) is 0 Å². The van der Waals surface area contributed by atoms with Crippen molar-refractivity contribution < 1.29 is 19.4 Å². The normalized spacial score (nSPS) is 10.3. The molecule has 0 radical (unpaired) electrons. The number of thioether (sulfide) groups is 1. The molecule has 0 amide bonds. The van der Waals surface area contributed by atoms with Gasteiger partial charge in [0.15, 0.2) is 0 Å². The molecule has 1 aromatic carbocycles. The van der Waals surface area contributed by atoms with E-state index in [2.05, 4.69) is 0 Å². The van der Waals surface area contributed by atoms with Gasteiger partial charge in [0.1, 0.15) is 5.82 Å². The van der Waals surface area contributed by atoms with Crippen molar-refractivity contribution in [1.29, 1.82) is 0 Å². The number of carboxylic acid groups (broad SMARTS) is 1. The molecule has 0 aliphatic rings. The Balaban J connectivity index is 2.70. The Hall–Kier alpha value is -1.07. The van der Waals surface area contributed by atoms with Crippen molar-refractivity contribution in [2.75, 3.05) is 12.4 Å². The molecule has 0 saturated carbocycles. The average molecular weight is 230 g/mol. The molecule has 1 rings (SSSR count). The summed E-state index contributed by atoms with van der Waals surface area (Å²) in [6, 6.07) is 3.82. The fourth-order valence-corrected chi connectivity index (χ4v) is 1.85. The highest BCUT2D eigenvalue weighted by Gasteiger charge is 2.08. The first-order valence-electron chi connectivity index (χ1n) is 4.41. The van der Waals surface area contributed by atoms with Crippen molar-refractivity contribution in [3.05, 3.63) is 29.6 Å². The van der Waals surface area contributed by atoms with Gasteiger partial charge < -0.3 is 10.2 Å². The minimum Gasteiger partial charge on any atom is -0.478 e. The summed E-state index contributed by atoms with van der Waals surface area (Å²) in [4.78, 5) is 10.9. The third kappa shape index (κ3) is 3.53. The Kier molecular flexibility index (Phi) is 4.58. The lowest BCUT2D eigenvalue weighted by Crippen LogP contribution is -1.97. The lowest BCUT2D eigenvalue weighted by atomic mass is 10.2. The van der Waals surface area contributed by atoms with Crippen LogP contribution in [0.15, 0.2) is 23.1 Å². The van der Waals surface area contributed by atoms with Crippen LogP contribution in [0.2, 0.25) is 0 Å². The van der Waals surface area contributed by atoms with Crippen LogP contribution in [-0.4, -0.2) is 28.5 Å². The van der Waals surface area contributed by atoms with Crippen LogP contribution in [-0.2, 0) is 0 Å². The van der Waals surface area contributed by atoms with Crippen LogP contribution in [0.4, 0.5) is 4.39 Å². The van der Waals surface area contributed by atoms with Gasteiger partial charge in [0.25, 0.3) is 0 Å². The van der Waals surface area contributed by atoms with Crippen LogP contribution < -0.4 is 0 Å². The Morgan fingerprint density at radius 2 is 2.20 bits per heavy atom. The molecule has 0 spiro atoms. The van der Waals surface area contributed by atoms with Crippen LogP contribution in [0.3, 0.4) is 0 Å². The summed E-state index contributed by atoms with van der Waals surface area (Å²) in [6.07, 6.45) is 0.588. The molecule has 0 bridgehead atoms. The third-order valence-corrected chi connectivity index (χ3v) is 2.87. The van der Waals surface area contributed by atoms with E-state index in [0.29, 0.717) is 17.1 Å². The van der Waals surface area contributed by atoms with Gasteiger partial charge in [-0.1, -0.05) is 0 Å². The number of carbonyl (C=O) groups is 1. The van der Waals surface area contributed by atoms with Crippen molar-refractivity contribution >= 4 is 17.7 Å². The van der Waals surface area contributed by atoms with Gasteiger partial charge in [-0.05, 0) is 24.6 Å². The first kappa shape index (κ1) is 12.0. The monoisotopic (exact) mass is 230 g/mol. The summed E-state index contributed by atoms with van der Waals surface area (Å²) in [7, 11) is 0. The number of aromatic carboxylic acids is 1. The van der Waals surface area contributed by atoms with E-state index in [1.165, 1.54) is 23.9 Å². The van der Waals surface area contributed by atoms with Gasteiger partial charge in [-0.2, -0.15) is 0 Å². The topological polar surface area (TPSA) is 57.5 Å². The van der Waals surface area contributed by atoms with E-state index < -0.39 is 11.8 Å². The third-order valence-electron chi connectivity index (χ3n) is 1.74. The second kappa shape index (κ2) is 5.72. The molecule has 0 heterocycles. The molecule has 0 aliphatic carbocycles. The second-order valence-electron chi connectivity index (χ2n) is 2.88. The van der Waals surface area contributed by atoms with Gasteiger partial charge in [-0.15, -0.1) is 11.8 Å². The highest BCUT2D eigenvalue weighted by atomic mass is 32.2. The van der Waals surface area contributed by atoms with Crippen LogP contribution >= 0.6 is 11.8 Å². The Bertz CT molecular complexity index is 355. The molecule has 15 heavy (non-hydrogen) atoms. The predicted octanol–water partition coefficient (Wildman–Crippen LogP) is 2.00. The molecule has 0 aromatic heterocycles. The van der Waals surface area contributed by atoms with E-state index in [-0.39, 0.29) is 12.2 Å². The molecule has 1 aromatic rings. The Morgan fingerprint density at radius 3 is 2.73 bits per heavy atom. The molecule has 0 unspecified atom stereocenters. The molecule has 5 heteroatoms. The van der Waals surface area contributed by atoms with E-state index in [4.69, 9.17) is 10.2 Å². The van der Waals surface area contributed by atoms with Crippen molar-refractivity contribution in [2.45, 2.75) is 11.3 Å². The summed E-state index contributed by atoms with van der Waals surface area (Å²) in [5.41, 5.74) is -0.0565. The zero-order valence-electron chi connectivity index (χ0n) is 7.94. The molecule has 0 atom stereocenters. The maximum atomic E-state index is 13.3. The van der Waals surface area contributed by atoms with Crippen molar-refractivity contribution in [3.63, 3.8) is 0 Å². The first-order valence-corrected chi connectivity index (χ1v) is 5.40. The van der Waals surface area contributed by atoms with Crippen LogP contribution in [0, 0.1) is 5.82 Å². The van der Waals surface area contributed by atoms with E-state index in [1.807, 2.05) is 0 Å². The number of hydrogen-bond donors (Lipinski definition) is 2. The molecule has 2 N–H and O–H groups in total. The van der Waals surface area contributed by atoms with Crippen LogP contribution in [0.5, 0.6) is 0 Å². The maximum absolute atomic E-state index is 13.3. The molecule has 0 aliphatic heterocycles. The number of aliphatic hydroxyl groups excluding tert-OH is 1. The van der Waals surface area contributed by atoms with Gasteiger partial charge in [0.2, 0.25) is 0 Å². The number of carboxylic acids is 1. The van der Waals surface area contributed by atoms with Crippen LogP contribution in [0.1, 0.15) is 16.8 Å². The Morgan fingerprint density at radius 1 is 1.47 bits per heavy atom. The van der Waals surface area contributed by atoms with E-state index in [1.54, 1.807) is 0 Å². The lowest BCUT2D eigenvalue weighted by Gasteiger charge is -2.03. The average Bonchev–Trinajstić information content (AvgIpc) is 2.20. The standard InChI is InChI=1S/C10H11FO3S/c11-8-6-7(10(13)14)2-3-9(8)15-5-1-4-12/h2-3,6,12H,1,4-5H2,(H,13,14). The Labute approximate surface area is 90.9 Å². The first-order chi connectivity index (χ1) is 7.15. The summed E-state index contributed by atoms with van der Waals surface area (Å²) in [6.45, 7) is 0.0713. The number of halogens is 1. The zero-order valence-corrected chi connectivity index (χ0v) is 8.76. The summed E-state index contributed by atoms with van der Waals surface area (Å²) in [5, 5.41) is 17.2. The van der Waals surface area contributed by atoms with Gasteiger partial charge in [-0.25, -0.2) is 9.18 Å². The van der Waals surface area contributed by atoms with Crippen LogP contribution in [0.25, 0.3) is 0 Å². The lowest BCUT2D eigenvalue weighted by molar-refractivity contribution is 0.0696. The summed E-state index contributed by atoms with van der Waals surface area (Å²) >= 11 is 1.26. The number of hydrogen-bond acceptors (Lipinski definition) is 3. The van der Waals surface area contributed by atoms with Gasteiger partial charge >= 0.3 is 5.97 Å². The minimum atomic E-state index is -1.14. The molecule has 0 saturated heterocycles. The second-order valence-corrected chi connectivity index (χ2v) is 4.01. The predicted molar refractivity (Wildman–Crippen MR) is 55.8 cm³/mol. The number of aliphatic hydroxyl groups is 1. The minimum absolute atomic E-state index is 0.0565. The highest BCUT2D eigenvalue weighted by molar-refractivity contribution is 7.99. The van der Waals surface area contributed by atoms with Gasteiger partial charge in [0, 0.05) is 17.3 Å². The summed E-state index contributed by atoms with van der Waals surface area (Å²) in [5.74, 6) is -1.06. The fraction of sp³-hybridized carbons (Fsp3) is 0.300. The van der Waals surface area contributed by atoms with Gasteiger partial charge in [-0.3, -0.25) is 0 Å². The van der Waals surface area contributed by atoms with E-state index in [0.717, 1.165) is 6.07 Å². The molecule has 3 nitrogen and oxygen atoms in total. The maximum Gasteiger partial charge on any atom is 0.335 e. The fourth-order valence-electron chi connectivity index (χ4n) is 0.998. The molecule has 0 fully saturated rings. The molecular formula is C10H11FO3S. The van der Waals surface area contributed by atoms with Gasteiger partial charge in [0.05, 0.1) is 5.56 Å². The SMILES string of the molecule is O=C(O)c1ccc(SCCCO)c(F)c1. The van der Waals surface area contributed by atoms with E-state index in [9.17, 15) is 9.18 Å². The number of rotatable bonds is 5. The highest BCUT2D eigenvalue weighted by Crippen LogP contribution is 2.23. The molecular weight excluding hydrogens is 219 g/mol. The quantitative estimate of drug-likeness (QED) is 0.600. The van der Waals surface area contributed by atoms with Crippen molar-refractivity contribution in [2.24, 2.45) is 0 Å². The molecule has 82 valence electrons. The largest absolute Gasteiger partial charge is 0.478 e. The smallest absolute Gasteiger partial charge is 0.335 e. The van der Waals surface area contributed by atoms with Crippen molar-refractivity contribution in [3.8, 4) is 0 Å². The number of benzene rings is 1. The zero-order chi connectivity index (χ0) is 11.3.